The van der Waals surface area contributed by atoms with Crippen LogP contribution in [0.2, 0.25) is 0 Å². The summed E-state index contributed by atoms with van der Waals surface area (Å²) in [5.41, 5.74) is 0.0218. The molecule has 0 bridgehead atoms. The molecule has 2 aromatic rings. The molecule has 2 aromatic heterocycles. The molecule has 124 valence electrons. The van der Waals surface area contributed by atoms with Crippen molar-refractivity contribution >= 4 is 22.8 Å². The highest BCUT2D eigenvalue weighted by Gasteiger charge is 2.13. The quantitative estimate of drug-likeness (QED) is 0.519. The molecule has 0 aromatic carbocycles. The molecule has 0 amide bonds. The molecular weight excluding hydrogens is 312 g/mol. The zero-order chi connectivity index (χ0) is 16.7. The number of likely N-dealkylation sites (N-methyl/N-ethyl adjacent to an activating group) is 1. The normalized spacial score (nSPS) is 10.9. The van der Waals surface area contributed by atoms with Crippen LogP contribution in [-0.4, -0.2) is 41.0 Å². The summed E-state index contributed by atoms with van der Waals surface area (Å²) in [6.45, 7) is 8.87. The predicted molar refractivity (Wildman–Crippen MR) is 94.0 cm³/mol. The standard InChI is InChI=1S/C16H22N4O2S/c1-3-18(4-2)9-10-19(13-15-6-5-11-23-15)16-8-7-14(12-17-16)20(21)22/h5-8,11-12H,3-4,9-10,13H2,1-2H3. The summed E-state index contributed by atoms with van der Waals surface area (Å²) in [7, 11) is 0. The number of hydrogen-bond acceptors (Lipinski definition) is 6. The molecule has 2 rings (SSSR count). The molecule has 2 heterocycles. The summed E-state index contributed by atoms with van der Waals surface area (Å²) >= 11 is 1.71. The summed E-state index contributed by atoms with van der Waals surface area (Å²) in [4.78, 5) is 20.4. The Morgan fingerprint density at radius 2 is 2.00 bits per heavy atom. The van der Waals surface area contributed by atoms with Crippen molar-refractivity contribution in [2.24, 2.45) is 0 Å². The minimum Gasteiger partial charge on any atom is -0.350 e. The van der Waals surface area contributed by atoms with Crippen LogP contribution in [-0.2, 0) is 6.54 Å². The number of nitrogens with zero attached hydrogens (tertiary/aromatic N) is 4. The van der Waals surface area contributed by atoms with Gasteiger partial charge in [-0.1, -0.05) is 19.9 Å². The second-order valence-corrected chi connectivity index (χ2v) is 6.19. The minimum atomic E-state index is -0.420. The van der Waals surface area contributed by atoms with E-state index in [9.17, 15) is 10.1 Å². The minimum absolute atomic E-state index is 0.0218. The fourth-order valence-electron chi connectivity index (χ4n) is 2.34. The van der Waals surface area contributed by atoms with Crippen LogP contribution in [0.3, 0.4) is 0 Å². The fraction of sp³-hybridized carbons (Fsp3) is 0.438. The van der Waals surface area contributed by atoms with Gasteiger partial charge in [-0.05, 0) is 30.6 Å². The predicted octanol–water partition coefficient (Wildman–Crippen LogP) is 3.40. The van der Waals surface area contributed by atoms with Crippen LogP contribution in [0.5, 0.6) is 0 Å². The summed E-state index contributed by atoms with van der Waals surface area (Å²) in [6, 6.07) is 7.38. The average molecular weight is 334 g/mol. The molecular formula is C16H22N4O2S. The van der Waals surface area contributed by atoms with Crippen molar-refractivity contribution in [3.8, 4) is 0 Å². The highest BCUT2D eigenvalue weighted by atomic mass is 32.1. The van der Waals surface area contributed by atoms with Crippen LogP contribution >= 0.6 is 11.3 Å². The lowest BCUT2D eigenvalue weighted by Crippen LogP contribution is -2.35. The molecule has 6 nitrogen and oxygen atoms in total. The first-order valence-corrected chi connectivity index (χ1v) is 8.62. The van der Waals surface area contributed by atoms with Gasteiger partial charge in [0.2, 0.25) is 0 Å². The Morgan fingerprint density at radius 3 is 2.52 bits per heavy atom. The third kappa shape index (κ3) is 5.01. The van der Waals surface area contributed by atoms with Crippen LogP contribution < -0.4 is 4.90 Å². The zero-order valence-electron chi connectivity index (χ0n) is 13.5. The van der Waals surface area contributed by atoms with Crippen molar-refractivity contribution in [3.63, 3.8) is 0 Å². The summed E-state index contributed by atoms with van der Waals surface area (Å²) in [5, 5.41) is 12.8. The van der Waals surface area contributed by atoms with Crippen molar-refractivity contribution in [3.05, 3.63) is 50.8 Å². The Bertz CT molecular complexity index is 597. The second kappa shape index (κ2) is 8.59. The van der Waals surface area contributed by atoms with Crippen molar-refractivity contribution in [1.29, 1.82) is 0 Å². The van der Waals surface area contributed by atoms with E-state index in [4.69, 9.17) is 0 Å². The van der Waals surface area contributed by atoms with E-state index >= 15 is 0 Å². The lowest BCUT2D eigenvalue weighted by Gasteiger charge is -2.27. The van der Waals surface area contributed by atoms with E-state index in [0.717, 1.165) is 38.5 Å². The highest BCUT2D eigenvalue weighted by molar-refractivity contribution is 7.09. The van der Waals surface area contributed by atoms with E-state index < -0.39 is 4.92 Å². The molecule has 0 saturated carbocycles. The molecule has 0 atom stereocenters. The lowest BCUT2D eigenvalue weighted by molar-refractivity contribution is -0.385. The first-order valence-electron chi connectivity index (χ1n) is 7.74. The largest absolute Gasteiger partial charge is 0.350 e. The van der Waals surface area contributed by atoms with Gasteiger partial charge in [0.05, 0.1) is 11.5 Å². The van der Waals surface area contributed by atoms with Gasteiger partial charge >= 0.3 is 0 Å². The number of thiophene rings is 1. The monoisotopic (exact) mass is 334 g/mol. The van der Waals surface area contributed by atoms with Gasteiger partial charge in [-0.15, -0.1) is 11.3 Å². The molecule has 0 spiro atoms. The van der Waals surface area contributed by atoms with Crippen LogP contribution in [0, 0.1) is 10.1 Å². The van der Waals surface area contributed by atoms with Crippen LogP contribution in [0.4, 0.5) is 11.5 Å². The smallest absolute Gasteiger partial charge is 0.287 e. The number of nitro groups is 1. The van der Waals surface area contributed by atoms with E-state index in [-0.39, 0.29) is 5.69 Å². The van der Waals surface area contributed by atoms with Crippen molar-refractivity contribution in [1.82, 2.24) is 9.88 Å². The molecule has 0 aliphatic carbocycles. The maximum Gasteiger partial charge on any atom is 0.287 e. The topological polar surface area (TPSA) is 62.5 Å². The molecule has 0 aliphatic heterocycles. The van der Waals surface area contributed by atoms with E-state index in [1.807, 2.05) is 6.07 Å². The summed E-state index contributed by atoms with van der Waals surface area (Å²) in [5.74, 6) is 0.774. The second-order valence-electron chi connectivity index (χ2n) is 5.16. The van der Waals surface area contributed by atoms with Gasteiger partial charge in [0.1, 0.15) is 12.0 Å². The van der Waals surface area contributed by atoms with E-state index in [1.165, 1.54) is 17.1 Å². The highest BCUT2D eigenvalue weighted by Crippen LogP contribution is 2.20. The molecule has 0 fully saturated rings. The third-order valence-electron chi connectivity index (χ3n) is 3.77. The van der Waals surface area contributed by atoms with Gasteiger partial charge in [-0.25, -0.2) is 4.98 Å². The van der Waals surface area contributed by atoms with Gasteiger partial charge in [0.15, 0.2) is 0 Å². The molecule has 0 radical (unpaired) electrons. The van der Waals surface area contributed by atoms with Crippen molar-refractivity contribution in [2.45, 2.75) is 20.4 Å². The van der Waals surface area contributed by atoms with Crippen LogP contribution in [0.25, 0.3) is 0 Å². The molecule has 0 aliphatic rings. The van der Waals surface area contributed by atoms with Gasteiger partial charge in [-0.3, -0.25) is 10.1 Å². The zero-order valence-corrected chi connectivity index (χ0v) is 14.3. The van der Waals surface area contributed by atoms with E-state index in [2.05, 4.69) is 40.1 Å². The number of hydrogen-bond donors (Lipinski definition) is 0. The SMILES string of the molecule is CCN(CC)CCN(Cc1cccs1)c1ccc([N+](=O)[O-])cn1. The third-order valence-corrected chi connectivity index (χ3v) is 4.64. The van der Waals surface area contributed by atoms with Gasteiger partial charge < -0.3 is 9.80 Å². The van der Waals surface area contributed by atoms with Crippen molar-refractivity contribution in [2.75, 3.05) is 31.1 Å². The first kappa shape index (κ1) is 17.4. The Kier molecular flexibility index (Phi) is 6.49. The molecule has 0 saturated heterocycles. The summed E-state index contributed by atoms with van der Waals surface area (Å²) < 4.78 is 0. The number of anilines is 1. The Hall–Kier alpha value is -1.99. The molecule has 0 N–H and O–H groups in total. The van der Waals surface area contributed by atoms with Crippen molar-refractivity contribution < 1.29 is 4.92 Å². The first-order chi connectivity index (χ1) is 11.1. The summed E-state index contributed by atoms with van der Waals surface area (Å²) in [6.07, 6.45) is 1.33. The van der Waals surface area contributed by atoms with E-state index in [1.54, 1.807) is 17.4 Å². The number of pyridine rings is 1. The van der Waals surface area contributed by atoms with Gasteiger partial charge in [0.25, 0.3) is 5.69 Å². The maximum atomic E-state index is 10.8. The Morgan fingerprint density at radius 1 is 1.22 bits per heavy atom. The molecule has 7 heteroatoms. The van der Waals surface area contributed by atoms with Gasteiger partial charge in [-0.2, -0.15) is 0 Å². The number of aromatic nitrogens is 1. The molecule has 23 heavy (non-hydrogen) atoms. The lowest BCUT2D eigenvalue weighted by atomic mass is 10.3. The Balaban J connectivity index is 2.12. The average Bonchev–Trinajstić information content (AvgIpc) is 3.08. The number of rotatable bonds is 9. The van der Waals surface area contributed by atoms with Crippen LogP contribution in [0.15, 0.2) is 35.8 Å². The maximum absolute atomic E-state index is 10.8. The Labute approximate surface area is 140 Å². The van der Waals surface area contributed by atoms with Crippen LogP contribution in [0.1, 0.15) is 18.7 Å². The fourth-order valence-corrected chi connectivity index (χ4v) is 3.06. The van der Waals surface area contributed by atoms with E-state index in [0.29, 0.717) is 0 Å². The van der Waals surface area contributed by atoms with Gasteiger partial charge in [0, 0.05) is 24.0 Å². The molecule has 0 unspecified atom stereocenters.